The van der Waals surface area contributed by atoms with Crippen LogP contribution in [0.1, 0.15) is 30.1 Å². The Kier molecular flexibility index (Phi) is 2.58. The Balaban J connectivity index is 1.68. The van der Waals surface area contributed by atoms with Crippen LogP contribution in [-0.2, 0) is 0 Å². The predicted molar refractivity (Wildman–Crippen MR) is 78.6 cm³/mol. The molecule has 1 amide bonds. The Morgan fingerprint density at radius 2 is 2.15 bits per heavy atom. The molecule has 4 heteroatoms. The molecule has 106 valence electrons. The monoisotopic (exact) mass is 271 g/mol. The van der Waals surface area contributed by atoms with Crippen LogP contribution < -0.4 is 10.6 Å². The van der Waals surface area contributed by atoms with Crippen molar-refractivity contribution >= 4 is 11.6 Å². The van der Waals surface area contributed by atoms with Crippen molar-refractivity contribution in [2.45, 2.75) is 25.4 Å². The van der Waals surface area contributed by atoms with Gasteiger partial charge >= 0.3 is 0 Å². The second-order valence-corrected chi connectivity index (χ2v) is 6.35. The molecule has 2 N–H and O–H groups in total. The fourth-order valence-corrected chi connectivity index (χ4v) is 4.31. The van der Waals surface area contributed by atoms with E-state index in [2.05, 4.69) is 22.5 Å². The minimum absolute atomic E-state index is 0.0787. The van der Waals surface area contributed by atoms with Crippen molar-refractivity contribution in [3.05, 3.63) is 29.8 Å². The smallest absolute Gasteiger partial charge is 0.255 e. The van der Waals surface area contributed by atoms with Crippen molar-refractivity contribution in [1.29, 1.82) is 0 Å². The van der Waals surface area contributed by atoms with Crippen molar-refractivity contribution < 1.29 is 4.79 Å². The second-order valence-electron chi connectivity index (χ2n) is 6.35. The number of carbonyl (C=O) groups excluding carboxylic acids is 1. The number of likely N-dealkylation sites (tertiary alicyclic amines) is 1. The Morgan fingerprint density at radius 1 is 1.30 bits per heavy atom. The summed E-state index contributed by atoms with van der Waals surface area (Å²) < 4.78 is 0. The van der Waals surface area contributed by atoms with E-state index in [1.54, 1.807) is 0 Å². The van der Waals surface area contributed by atoms with Crippen LogP contribution in [0, 0.1) is 11.8 Å². The first-order valence-corrected chi connectivity index (χ1v) is 7.64. The summed E-state index contributed by atoms with van der Waals surface area (Å²) in [4.78, 5) is 14.9. The van der Waals surface area contributed by atoms with Gasteiger partial charge in [0.1, 0.15) is 5.66 Å². The van der Waals surface area contributed by atoms with Crippen LogP contribution in [-0.4, -0.2) is 36.1 Å². The fourth-order valence-electron chi connectivity index (χ4n) is 4.31. The topological polar surface area (TPSA) is 44.4 Å². The van der Waals surface area contributed by atoms with Gasteiger partial charge in [-0.25, -0.2) is 0 Å². The van der Waals surface area contributed by atoms with Crippen LogP contribution in [0.3, 0.4) is 0 Å². The van der Waals surface area contributed by atoms with E-state index in [4.69, 9.17) is 0 Å². The lowest BCUT2D eigenvalue weighted by Crippen LogP contribution is -2.61. The van der Waals surface area contributed by atoms with Crippen molar-refractivity contribution in [2.75, 3.05) is 25.0 Å². The molecule has 1 saturated heterocycles. The van der Waals surface area contributed by atoms with E-state index >= 15 is 0 Å². The highest BCUT2D eigenvalue weighted by Gasteiger charge is 2.54. The maximum Gasteiger partial charge on any atom is 0.255 e. The Bertz CT molecular complexity index is 558. The van der Waals surface area contributed by atoms with E-state index in [1.165, 1.54) is 13.0 Å². The summed E-state index contributed by atoms with van der Waals surface area (Å²) in [6.07, 6.45) is 2.25. The van der Waals surface area contributed by atoms with E-state index in [9.17, 15) is 4.79 Å². The van der Waals surface area contributed by atoms with E-state index in [-0.39, 0.29) is 11.6 Å². The molecule has 0 radical (unpaired) electrons. The summed E-state index contributed by atoms with van der Waals surface area (Å²) in [7, 11) is 0. The van der Waals surface area contributed by atoms with Crippen molar-refractivity contribution in [1.82, 2.24) is 10.2 Å². The normalized spacial score (nSPS) is 35.5. The van der Waals surface area contributed by atoms with E-state index in [0.29, 0.717) is 11.8 Å². The van der Waals surface area contributed by atoms with E-state index in [1.807, 2.05) is 24.3 Å². The highest BCUT2D eigenvalue weighted by Crippen LogP contribution is 2.46. The zero-order chi connectivity index (χ0) is 13.7. The molecule has 3 aliphatic rings. The molecule has 20 heavy (non-hydrogen) atoms. The summed E-state index contributed by atoms with van der Waals surface area (Å²) >= 11 is 0. The minimum Gasteiger partial charge on any atom is -0.362 e. The van der Waals surface area contributed by atoms with Gasteiger partial charge in [0, 0.05) is 24.7 Å². The molecule has 2 heterocycles. The summed E-state index contributed by atoms with van der Waals surface area (Å²) in [6, 6.07) is 7.83. The number of nitrogens with zero attached hydrogens (tertiary/aromatic N) is 1. The number of hydrogen-bond donors (Lipinski definition) is 2. The van der Waals surface area contributed by atoms with Crippen LogP contribution in [0.5, 0.6) is 0 Å². The molecule has 1 aromatic carbocycles. The Morgan fingerprint density at radius 3 is 3.00 bits per heavy atom. The fraction of sp³-hybridized carbons (Fsp3) is 0.562. The lowest BCUT2D eigenvalue weighted by atomic mass is 9.89. The van der Waals surface area contributed by atoms with Gasteiger partial charge in [-0.15, -0.1) is 0 Å². The molecule has 0 aromatic heterocycles. The van der Waals surface area contributed by atoms with E-state index < -0.39 is 0 Å². The lowest BCUT2D eigenvalue weighted by Gasteiger charge is -2.42. The zero-order valence-electron chi connectivity index (χ0n) is 11.9. The quantitative estimate of drug-likeness (QED) is 0.820. The molecular formula is C16H21N3O. The van der Waals surface area contributed by atoms with Crippen LogP contribution in [0.25, 0.3) is 0 Å². The maximum absolute atomic E-state index is 12.4. The number of fused-ring (bicyclic) bond motifs is 3. The molecule has 1 aliphatic carbocycles. The van der Waals surface area contributed by atoms with Gasteiger partial charge in [-0.1, -0.05) is 19.1 Å². The first kappa shape index (κ1) is 12.2. The number of anilines is 1. The van der Waals surface area contributed by atoms with Gasteiger partial charge in [-0.3, -0.25) is 4.79 Å². The molecule has 1 saturated carbocycles. The predicted octanol–water partition coefficient (Wildman–Crippen LogP) is 1.90. The van der Waals surface area contributed by atoms with Gasteiger partial charge in [0.2, 0.25) is 0 Å². The van der Waals surface area contributed by atoms with E-state index in [0.717, 1.165) is 30.8 Å². The van der Waals surface area contributed by atoms with Gasteiger partial charge in [0.25, 0.3) is 5.91 Å². The zero-order valence-corrected chi connectivity index (χ0v) is 11.9. The third-order valence-corrected chi connectivity index (χ3v) is 5.37. The van der Waals surface area contributed by atoms with Crippen LogP contribution in [0.4, 0.5) is 5.69 Å². The highest BCUT2D eigenvalue weighted by atomic mass is 16.2. The Labute approximate surface area is 119 Å². The van der Waals surface area contributed by atoms with Gasteiger partial charge in [-0.05, 0) is 37.4 Å². The molecule has 0 unspecified atom stereocenters. The number of amides is 1. The SMILES string of the molecule is CCN1C[C@H]2CC[C@]3(NC(=O)c4ccccc4N3)[C@H]2C1. The van der Waals surface area contributed by atoms with Crippen molar-refractivity contribution in [3.63, 3.8) is 0 Å². The average molecular weight is 271 g/mol. The third-order valence-electron chi connectivity index (χ3n) is 5.37. The van der Waals surface area contributed by atoms with Crippen LogP contribution in [0.15, 0.2) is 24.3 Å². The third kappa shape index (κ3) is 1.61. The van der Waals surface area contributed by atoms with Crippen LogP contribution in [0.2, 0.25) is 0 Å². The molecule has 1 aromatic rings. The molecular weight excluding hydrogens is 250 g/mol. The van der Waals surface area contributed by atoms with Gasteiger partial charge < -0.3 is 15.5 Å². The highest BCUT2D eigenvalue weighted by molar-refractivity contribution is 6.02. The van der Waals surface area contributed by atoms with Gasteiger partial charge in [0.05, 0.1) is 5.56 Å². The minimum atomic E-state index is -0.222. The lowest BCUT2D eigenvalue weighted by molar-refractivity contribution is 0.0872. The van der Waals surface area contributed by atoms with Crippen molar-refractivity contribution in [3.8, 4) is 0 Å². The maximum atomic E-state index is 12.4. The standard InChI is InChI=1S/C16H21N3O/c1-2-19-9-11-7-8-16(13(11)10-19)17-14-6-4-3-5-12(14)15(20)18-16/h3-6,11,13,17H,2,7-10H2,1H3,(H,18,20)/t11-,13+,16+/m1/s1. The molecule has 4 nitrogen and oxygen atoms in total. The molecule has 3 atom stereocenters. The van der Waals surface area contributed by atoms with Gasteiger partial charge in [-0.2, -0.15) is 0 Å². The number of benzene rings is 1. The summed E-state index contributed by atoms with van der Waals surface area (Å²) in [5, 5.41) is 6.95. The van der Waals surface area contributed by atoms with Crippen molar-refractivity contribution in [2.24, 2.45) is 11.8 Å². The summed E-state index contributed by atoms with van der Waals surface area (Å²) in [6.45, 7) is 5.60. The Hall–Kier alpha value is -1.55. The molecule has 2 fully saturated rings. The molecule has 1 spiro atoms. The van der Waals surface area contributed by atoms with Gasteiger partial charge in [0.15, 0.2) is 0 Å². The number of para-hydroxylation sites is 1. The first-order valence-electron chi connectivity index (χ1n) is 7.64. The number of carbonyl (C=O) groups is 1. The van der Waals surface area contributed by atoms with Crippen LogP contribution >= 0.6 is 0 Å². The molecule has 0 bridgehead atoms. The summed E-state index contributed by atoms with van der Waals surface area (Å²) in [5.41, 5.74) is 1.54. The average Bonchev–Trinajstić information content (AvgIpc) is 3.00. The number of hydrogen-bond acceptors (Lipinski definition) is 3. The largest absolute Gasteiger partial charge is 0.362 e. The number of nitrogens with one attached hydrogen (secondary N) is 2. The first-order chi connectivity index (χ1) is 9.72. The second kappa shape index (κ2) is 4.22. The summed E-state index contributed by atoms with van der Waals surface area (Å²) in [5.74, 6) is 1.32. The molecule has 2 aliphatic heterocycles. The molecule has 4 rings (SSSR count). The number of rotatable bonds is 1.